The topological polar surface area (TPSA) is 42.2 Å². The van der Waals surface area contributed by atoms with Crippen molar-refractivity contribution in [3.8, 4) is 0 Å². The number of hydrogen-bond donors (Lipinski definition) is 1. The third-order valence-electron chi connectivity index (χ3n) is 1.91. The Morgan fingerprint density at radius 1 is 1.62 bits per heavy atom. The highest BCUT2D eigenvalue weighted by Gasteiger charge is 2.21. The molecule has 3 nitrogen and oxygen atoms in total. The molecule has 5 heteroatoms. The summed E-state index contributed by atoms with van der Waals surface area (Å²) in [6.45, 7) is 1.91. The molecule has 1 saturated heterocycles. The van der Waals surface area contributed by atoms with E-state index in [1.165, 1.54) is 11.8 Å². The van der Waals surface area contributed by atoms with Crippen LogP contribution < -0.4 is 5.32 Å². The summed E-state index contributed by atoms with van der Waals surface area (Å²) in [5, 5.41) is 2.57. The lowest BCUT2D eigenvalue weighted by Crippen LogP contribution is -2.17. The molecule has 82 valence electrons. The van der Waals surface area contributed by atoms with Crippen molar-refractivity contribution >= 4 is 40.3 Å². The first-order chi connectivity index (χ1) is 7.65. The predicted octanol–water partition coefficient (Wildman–Crippen LogP) is 2.71. The fourth-order valence-electron chi connectivity index (χ4n) is 1.27. The molecule has 0 atom stereocenters. The summed E-state index contributed by atoms with van der Waals surface area (Å²) >= 11 is 6.17. The van der Waals surface area contributed by atoms with E-state index in [1.54, 1.807) is 12.3 Å². The Labute approximate surface area is 103 Å². The summed E-state index contributed by atoms with van der Waals surface area (Å²) < 4.78 is 5.68. The number of carbonyl (C=O) groups is 1. The van der Waals surface area contributed by atoms with Crippen molar-refractivity contribution in [1.82, 2.24) is 5.32 Å². The van der Waals surface area contributed by atoms with E-state index in [2.05, 4.69) is 5.32 Å². The molecule has 1 N–H and O–H groups in total. The van der Waals surface area contributed by atoms with Crippen molar-refractivity contribution in [3.05, 3.63) is 40.7 Å². The number of hydrogen-bond acceptors (Lipinski definition) is 4. The molecule has 2 heterocycles. The standard InChI is InChI=1S/C11H9NO2S2/c1-7(5-8-3-2-4-14-8)6-9-10(13)12-11(15)16-9/h2-6H,1H3,(H,12,13,15)/b7-5+,9-6-. The van der Waals surface area contributed by atoms with Crippen LogP contribution in [0.3, 0.4) is 0 Å². The number of nitrogens with one attached hydrogen (secondary N) is 1. The first kappa shape index (κ1) is 11.2. The van der Waals surface area contributed by atoms with Gasteiger partial charge in [-0.1, -0.05) is 24.0 Å². The maximum atomic E-state index is 11.4. The second-order valence-corrected chi connectivity index (χ2v) is 4.97. The normalized spacial score (nSPS) is 19.3. The second kappa shape index (κ2) is 4.67. The highest BCUT2D eigenvalue weighted by molar-refractivity contribution is 8.26. The number of allylic oxidation sites excluding steroid dienone is 2. The molecule has 2 rings (SSSR count). The number of amides is 1. The van der Waals surface area contributed by atoms with Gasteiger partial charge in [-0.15, -0.1) is 0 Å². The first-order valence-electron chi connectivity index (χ1n) is 4.62. The van der Waals surface area contributed by atoms with Crippen LogP contribution in [0.2, 0.25) is 0 Å². The number of thioether (sulfide) groups is 1. The number of carbonyl (C=O) groups excluding carboxylic acids is 1. The van der Waals surface area contributed by atoms with E-state index in [0.29, 0.717) is 9.23 Å². The summed E-state index contributed by atoms with van der Waals surface area (Å²) in [6.07, 6.45) is 5.27. The van der Waals surface area contributed by atoms with Crippen molar-refractivity contribution in [2.75, 3.05) is 0 Å². The van der Waals surface area contributed by atoms with Crippen LogP contribution in [0.5, 0.6) is 0 Å². The zero-order valence-corrected chi connectivity index (χ0v) is 10.2. The molecule has 1 aromatic rings. The summed E-state index contributed by atoms with van der Waals surface area (Å²) in [6, 6.07) is 3.67. The Morgan fingerprint density at radius 3 is 3.00 bits per heavy atom. The van der Waals surface area contributed by atoms with E-state index in [-0.39, 0.29) is 5.91 Å². The van der Waals surface area contributed by atoms with Crippen LogP contribution in [0.25, 0.3) is 6.08 Å². The average molecular weight is 251 g/mol. The predicted molar refractivity (Wildman–Crippen MR) is 68.8 cm³/mol. The smallest absolute Gasteiger partial charge is 0.263 e. The largest absolute Gasteiger partial charge is 0.465 e. The van der Waals surface area contributed by atoms with Gasteiger partial charge in [0.25, 0.3) is 5.91 Å². The molecule has 0 saturated carbocycles. The average Bonchev–Trinajstić information content (AvgIpc) is 2.78. The molecule has 16 heavy (non-hydrogen) atoms. The van der Waals surface area contributed by atoms with Crippen molar-refractivity contribution < 1.29 is 9.21 Å². The van der Waals surface area contributed by atoms with Gasteiger partial charge in [0.05, 0.1) is 11.2 Å². The van der Waals surface area contributed by atoms with E-state index in [0.717, 1.165) is 11.3 Å². The maximum absolute atomic E-state index is 11.4. The maximum Gasteiger partial charge on any atom is 0.263 e. The van der Waals surface area contributed by atoms with Crippen LogP contribution in [0.4, 0.5) is 0 Å². The van der Waals surface area contributed by atoms with Gasteiger partial charge in [0.2, 0.25) is 0 Å². The molecular formula is C11H9NO2S2. The Morgan fingerprint density at radius 2 is 2.44 bits per heavy atom. The molecule has 0 radical (unpaired) electrons. The van der Waals surface area contributed by atoms with Gasteiger partial charge in [0.1, 0.15) is 10.1 Å². The monoisotopic (exact) mass is 251 g/mol. The van der Waals surface area contributed by atoms with Gasteiger partial charge >= 0.3 is 0 Å². The van der Waals surface area contributed by atoms with E-state index in [1.807, 2.05) is 25.1 Å². The summed E-state index contributed by atoms with van der Waals surface area (Å²) in [5.41, 5.74) is 0.942. The fraction of sp³-hybridized carbons (Fsp3) is 0.0909. The number of rotatable bonds is 2. The Kier molecular flexibility index (Phi) is 3.26. The first-order valence-corrected chi connectivity index (χ1v) is 5.84. The van der Waals surface area contributed by atoms with Crippen LogP contribution >= 0.6 is 24.0 Å². The molecule has 0 aromatic carbocycles. The molecule has 0 unspecified atom stereocenters. The van der Waals surface area contributed by atoms with Gasteiger partial charge in [-0.3, -0.25) is 4.79 Å². The number of furan rings is 1. The molecule has 1 aliphatic rings. The lowest BCUT2D eigenvalue weighted by molar-refractivity contribution is -0.115. The van der Waals surface area contributed by atoms with Crippen molar-refractivity contribution in [2.45, 2.75) is 6.92 Å². The lowest BCUT2D eigenvalue weighted by Gasteiger charge is -1.93. The minimum atomic E-state index is -0.137. The third-order valence-corrected chi connectivity index (χ3v) is 3.08. The van der Waals surface area contributed by atoms with Gasteiger partial charge in [0.15, 0.2) is 0 Å². The SMILES string of the molecule is CC(/C=C1\SC(=S)NC1=O)=C\c1ccco1. The Hall–Kier alpha value is -1.33. The van der Waals surface area contributed by atoms with E-state index in [4.69, 9.17) is 16.6 Å². The summed E-state index contributed by atoms with van der Waals surface area (Å²) in [4.78, 5) is 12.0. The van der Waals surface area contributed by atoms with Crippen molar-refractivity contribution in [3.63, 3.8) is 0 Å². The van der Waals surface area contributed by atoms with Crippen molar-refractivity contribution in [2.24, 2.45) is 0 Å². The molecule has 1 aliphatic heterocycles. The number of thiocarbonyl (C=S) groups is 1. The van der Waals surface area contributed by atoms with E-state index in [9.17, 15) is 4.79 Å². The zero-order valence-electron chi connectivity index (χ0n) is 8.52. The molecule has 1 fully saturated rings. The van der Waals surface area contributed by atoms with Crippen LogP contribution in [-0.4, -0.2) is 10.2 Å². The lowest BCUT2D eigenvalue weighted by atomic mass is 10.2. The van der Waals surface area contributed by atoms with Gasteiger partial charge in [-0.2, -0.15) is 0 Å². The quantitative estimate of drug-likeness (QED) is 0.648. The molecule has 1 aromatic heterocycles. The zero-order chi connectivity index (χ0) is 11.5. The highest BCUT2D eigenvalue weighted by atomic mass is 32.2. The Balaban J connectivity index is 2.18. The molecule has 0 spiro atoms. The molecule has 0 bridgehead atoms. The minimum absolute atomic E-state index is 0.137. The second-order valence-electron chi connectivity index (χ2n) is 3.26. The van der Waals surface area contributed by atoms with Crippen LogP contribution in [0.15, 0.2) is 39.4 Å². The van der Waals surface area contributed by atoms with Crippen LogP contribution in [0.1, 0.15) is 12.7 Å². The van der Waals surface area contributed by atoms with Crippen molar-refractivity contribution in [1.29, 1.82) is 0 Å². The molecular weight excluding hydrogens is 242 g/mol. The van der Waals surface area contributed by atoms with Crippen LogP contribution in [-0.2, 0) is 4.79 Å². The highest BCUT2D eigenvalue weighted by Crippen LogP contribution is 2.25. The van der Waals surface area contributed by atoms with Gasteiger partial charge in [-0.05, 0) is 36.8 Å². The van der Waals surface area contributed by atoms with Gasteiger partial charge in [0, 0.05) is 0 Å². The van der Waals surface area contributed by atoms with Gasteiger partial charge in [-0.25, -0.2) is 0 Å². The minimum Gasteiger partial charge on any atom is -0.465 e. The molecule has 0 aliphatic carbocycles. The van der Waals surface area contributed by atoms with E-state index >= 15 is 0 Å². The molecule has 1 amide bonds. The fourth-order valence-corrected chi connectivity index (χ4v) is 2.36. The summed E-state index contributed by atoms with van der Waals surface area (Å²) in [7, 11) is 0. The summed E-state index contributed by atoms with van der Waals surface area (Å²) in [5.74, 6) is 0.627. The van der Waals surface area contributed by atoms with Gasteiger partial charge < -0.3 is 9.73 Å². The third kappa shape index (κ3) is 2.62. The van der Waals surface area contributed by atoms with E-state index < -0.39 is 0 Å². The Bertz CT molecular complexity index is 486. The van der Waals surface area contributed by atoms with Crippen LogP contribution in [0, 0.1) is 0 Å².